The summed E-state index contributed by atoms with van der Waals surface area (Å²) in [4.78, 5) is 0.0860. The van der Waals surface area contributed by atoms with Crippen LogP contribution in [0.2, 0.25) is 10.0 Å². The summed E-state index contributed by atoms with van der Waals surface area (Å²) in [5.41, 5.74) is 0.706. The van der Waals surface area contributed by atoms with Crippen LogP contribution >= 0.6 is 23.2 Å². The van der Waals surface area contributed by atoms with Gasteiger partial charge in [0.15, 0.2) is 0 Å². The zero-order valence-electron chi connectivity index (χ0n) is 10.7. The molecule has 4 nitrogen and oxygen atoms in total. The fourth-order valence-electron chi connectivity index (χ4n) is 1.85. The molecule has 0 radical (unpaired) electrons. The minimum Gasteiger partial charge on any atom is -0.316 e. The summed E-state index contributed by atoms with van der Waals surface area (Å²) in [6, 6.07) is 3.02. The minimum atomic E-state index is -3.59. The van der Waals surface area contributed by atoms with Crippen molar-refractivity contribution in [1.82, 2.24) is 10.0 Å². The molecule has 1 saturated carbocycles. The first-order valence-electron chi connectivity index (χ1n) is 6.00. The van der Waals surface area contributed by atoms with Crippen LogP contribution in [-0.4, -0.2) is 21.5 Å². The fourth-order valence-corrected chi connectivity index (χ4v) is 4.07. The number of hydrogen-bond acceptors (Lipinski definition) is 3. The van der Waals surface area contributed by atoms with Gasteiger partial charge in [0.1, 0.15) is 4.90 Å². The summed E-state index contributed by atoms with van der Waals surface area (Å²) in [7, 11) is -1.82. The summed E-state index contributed by atoms with van der Waals surface area (Å²) in [5, 5.41) is 3.54. The number of rotatable bonds is 5. The van der Waals surface area contributed by atoms with Gasteiger partial charge in [-0.3, -0.25) is 0 Å². The molecule has 19 heavy (non-hydrogen) atoms. The average molecular weight is 323 g/mol. The van der Waals surface area contributed by atoms with E-state index in [1.165, 1.54) is 12.1 Å². The van der Waals surface area contributed by atoms with Gasteiger partial charge in [0.05, 0.1) is 5.02 Å². The van der Waals surface area contributed by atoms with E-state index in [2.05, 4.69) is 10.0 Å². The van der Waals surface area contributed by atoms with E-state index in [9.17, 15) is 8.42 Å². The van der Waals surface area contributed by atoms with Crippen molar-refractivity contribution in [2.75, 3.05) is 7.05 Å². The average Bonchev–Trinajstić information content (AvgIpc) is 2.97. The SMILES string of the molecule is CNCc1cc(S(=O)(=O)NC2CC2C)c(Cl)cc1Cl. The summed E-state index contributed by atoms with van der Waals surface area (Å²) < 4.78 is 27.2. The zero-order chi connectivity index (χ0) is 14.2. The lowest BCUT2D eigenvalue weighted by Crippen LogP contribution is -2.27. The van der Waals surface area contributed by atoms with E-state index in [1.807, 2.05) is 6.92 Å². The molecule has 1 aromatic rings. The number of benzene rings is 1. The number of nitrogens with one attached hydrogen (secondary N) is 2. The van der Waals surface area contributed by atoms with Gasteiger partial charge < -0.3 is 5.32 Å². The van der Waals surface area contributed by atoms with E-state index in [1.54, 1.807) is 7.05 Å². The van der Waals surface area contributed by atoms with Crippen molar-refractivity contribution in [2.45, 2.75) is 30.8 Å². The van der Waals surface area contributed by atoms with Crippen LogP contribution in [0.15, 0.2) is 17.0 Å². The van der Waals surface area contributed by atoms with Crippen LogP contribution < -0.4 is 10.0 Å². The molecule has 0 heterocycles. The van der Waals surface area contributed by atoms with Crippen LogP contribution in [0.1, 0.15) is 18.9 Å². The smallest absolute Gasteiger partial charge is 0.242 e. The van der Waals surface area contributed by atoms with Crippen molar-refractivity contribution < 1.29 is 8.42 Å². The molecule has 2 rings (SSSR count). The first-order valence-corrected chi connectivity index (χ1v) is 8.24. The predicted octanol–water partition coefficient (Wildman–Crippen LogP) is 2.40. The van der Waals surface area contributed by atoms with Gasteiger partial charge in [-0.25, -0.2) is 13.1 Å². The van der Waals surface area contributed by atoms with Crippen LogP contribution in [0.3, 0.4) is 0 Å². The Morgan fingerprint density at radius 3 is 2.47 bits per heavy atom. The molecule has 0 spiro atoms. The van der Waals surface area contributed by atoms with Crippen molar-refractivity contribution >= 4 is 33.2 Å². The van der Waals surface area contributed by atoms with Gasteiger partial charge >= 0.3 is 0 Å². The normalized spacial score (nSPS) is 22.5. The molecule has 106 valence electrons. The third-order valence-electron chi connectivity index (χ3n) is 3.17. The molecule has 0 amide bonds. The molecule has 1 fully saturated rings. The van der Waals surface area contributed by atoms with Crippen LogP contribution in [-0.2, 0) is 16.6 Å². The van der Waals surface area contributed by atoms with E-state index in [0.29, 0.717) is 23.0 Å². The molecule has 7 heteroatoms. The number of sulfonamides is 1. The van der Waals surface area contributed by atoms with Crippen LogP contribution in [0.5, 0.6) is 0 Å². The lowest BCUT2D eigenvalue weighted by Gasteiger charge is -2.11. The lowest BCUT2D eigenvalue weighted by molar-refractivity contribution is 0.578. The molecule has 0 bridgehead atoms. The fraction of sp³-hybridized carbons (Fsp3) is 0.500. The van der Waals surface area contributed by atoms with E-state index >= 15 is 0 Å². The van der Waals surface area contributed by atoms with Crippen molar-refractivity contribution in [3.63, 3.8) is 0 Å². The van der Waals surface area contributed by atoms with Gasteiger partial charge in [0.25, 0.3) is 0 Å². The Hall–Kier alpha value is -0.330. The van der Waals surface area contributed by atoms with Gasteiger partial charge in [-0.15, -0.1) is 0 Å². The maximum absolute atomic E-state index is 12.3. The third kappa shape index (κ3) is 3.41. The Labute approximate surface area is 123 Å². The summed E-state index contributed by atoms with van der Waals surface area (Å²) in [5.74, 6) is 0.387. The Morgan fingerprint density at radius 1 is 1.32 bits per heavy atom. The predicted molar refractivity (Wildman–Crippen MR) is 77.1 cm³/mol. The zero-order valence-corrected chi connectivity index (χ0v) is 13.0. The van der Waals surface area contributed by atoms with E-state index in [-0.39, 0.29) is 16.0 Å². The molecular weight excluding hydrogens is 307 g/mol. The Balaban J connectivity index is 2.35. The van der Waals surface area contributed by atoms with E-state index < -0.39 is 10.0 Å². The molecule has 1 aromatic carbocycles. The van der Waals surface area contributed by atoms with Gasteiger partial charge in [-0.2, -0.15) is 0 Å². The summed E-state index contributed by atoms with van der Waals surface area (Å²) in [6.45, 7) is 2.49. The molecule has 2 unspecified atom stereocenters. The first kappa shape index (κ1) is 15.1. The monoisotopic (exact) mass is 322 g/mol. The molecule has 0 saturated heterocycles. The van der Waals surface area contributed by atoms with Gasteiger partial charge in [0.2, 0.25) is 10.0 Å². The van der Waals surface area contributed by atoms with E-state index in [0.717, 1.165) is 6.42 Å². The highest BCUT2D eigenvalue weighted by Gasteiger charge is 2.37. The molecule has 2 atom stereocenters. The molecule has 2 N–H and O–H groups in total. The lowest BCUT2D eigenvalue weighted by atomic mass is 10.2. The molecule has 1 aliphatic carbocycles. The van der Waals surface area contributed by atoms with E-state index in [4.69, 9.17) is 23.2 Å². The van der Waals surface area contributed by atoms with Crippen molar-refractivity contribution in [3.8, 4) is 0 Å². The quantitative estimate of drug-likeness (QED) is 0.875. The Morgan fingerprint density at radius 2 is 1.95 bits per heavy atom. The second-order valence-corrected chi connectivity index (χ2v) is 7.34. The van der Waals surface area contributed by atoms with Crippen molar-refractivity contribution in [2.24, 2.45) is 5.92 Å². The highest BCUT2D eigenvalue weighted by molar-refractivity contribution is 7.89. The topological polar surface area (TPSA) is 58.2 Å². The second-order valence-electron chi connectivity index (χ2n) is 4.85. The Bertz CT molecular complexity index is 590. The maximum atomic E-state index is 12.3. The van der Waals surface area contributed by atoms with Crippen LogP contribution in [0.25, 0.3) is 0 Å². The second kappa shape index (κ2) is 5.58. The van der Waals surface area contributed by atoms with Crippen LogP contribution in [0.4, 0.5) is 0 Å². The van der Waals surface area contributed by atoms with Gasteiger partial charge in [-0.1, -0.05) is 30.1 Å². The molecule has 0 aromatic heterocycles. The largest absolute Gasteiger partial charge is 0.316 e. The Kier molecular flexibility index (Phi) is 4.42. The summed E-state index contributed by atoms with van der Waals surface area (Å²) >= 11 is 12.0. The highest BCUT2D eigenvalue weighted by atomic mass is 35.5. The standard InChI is InChI=1S/C12H16Cl2N2O2S/c1-7-3-11(7)16-19(17,18)12-4-8(6-15-2)9(13)5-10(12)14/h4-5,7,11,15-16H,3,6H2,1-2H3. The molecule has 1 aliphatic rings. The maximum Gasteiger partial charge on any atom is 0.242 e. The minimum absolute atomic E-state index is 0.0181. The highest BCUT2D eigenvalue weighted by Crippen LogP contribution is 2.33. The van der Waals surface area contributed by atoms with Gasteiger partial charge in [-0.05, 0) is 37.1 Å². The third-order valence-corrected chi connectivity index (χ3v) is 5.48. The van der Waals surface area contributed by atoms with Crippen molar-refractivity contribution in [3.05, 3.63) is 27.7 Å². The van der Waals surface area contributed by atoms with Gasteiger partial charge in [0, 0.05) is 17.6 Å². The van der Waals surface area contributed by atoms with Crippen molar-refractivity contribution in [1.29, 1.82) is 0 Å². The summed E-state index contributed by atoms with van der Waals surface area (Å²) in [6.07, 6.45) is 0.869. The molecular formula is C12H16Cl2N2O2S. The first-order chi connectivity index (χ1) is 8.85. The number of halogens is 2. The number of hydrogen-bond donors (Lipinski definition) is 2. The van der Waals surface area contributed by atoms with Crippen LogP contribution in [0, 0.1) is 5.92 Å². The molecule has 0 aliphatic heterocycles.